The van der Waals surface area contributed by atoms with E-state index in [0.29, 0.717) is 12.9 Å². The van der Waals surface area contributed by atoms with Gasteiger partial charge in [-0.2, -0.15) is 0 Å². The summed E-state index contributed by atoms with van der Waals surface area (Å²) in [6.07, 6.45) is 0. The van der Waals surface area contributed by atoms with Gasteiger partial charge in [0.2, 0.25) is 0 Å². The van der Waals surface area contributed by atoms with Crippen LogP contribution in [0.4, 0.5) is 0 Å². The first-order valence-corrected chi connectivity index (χ1v) is 0.855. The van der Waals surface area contributed by atoms with Crippen molar-refractivity contribution >= 4 is 36.9 Å². The third-order valence-electron chi connectivity index (χ3n) is 0. The molecule has 0 spiro atoms. The fourth-order valence-corrected chi connectivity index (χ4v) is 0. The Bertz CT molecular complexity index is 30.7. The normalized spacial score (nSPS) is 3.43. The maximum absolute atomic E-state index is 8.24. The largest absolute Gasteiger partial charge is 2.00 e. The Labute approximate surface area is 57.1 Å². The second-order valence-electron chi connectivity index (χ2n) is 0.183. The van der Waals surface area contributed by atoms with E-state index in [1.54, 1.807) is 0 Å². The van der Waals surface area contributed by atoms with E-state index in [4.69, 9.17) is 19.8 Å². The van der Waals surface area contributed by atoms with Gasteiger partial charge in [0.05, 0.1) is 0 Å². The Balaban J connectivity index is -0.0000000400. The first kappa shape index (κ1) is 15.9. The summed E-state index contributed by atoms with van der Waals surface area (Å²) in [6, 6.07) is 0. The van der Waals surface area contributed by atoms with Gasteiger partial charge in [-0.15, -0.1) is 0 Å². The second-order valence-corrected chi connectivity index (χ2v) is 0.183. The summed E-state index contributed by atoms with van der Waals surface area (Å²) in [7, 11) is 0. The first-order valence-electron chi connectivity index (χ1n) is 0.855. The van der Waals surface area contributed by atoms with E-state index in [2.05, 4.69) is 0 Å². The minimum absolute atomic E-state index is 0. The smallest absolute Gasteiger partial charge is 0.665 e. The molecule has 2 N–H and O–H groups in total. The molecule has 0 aliphatic rings. The summed E-state index contributed by atoms with van der Waals surface area (Å²) in [5, 5.41) is 13.5. The minimum atomic E-state index is 0. The van der Waals surface area contributed by atoms with Gasteiger partial charge in [0.1, 0.15) is 0 Å². The van der Waals surface area contributed by atoms with Crippen LogP contribution in [-0.4, -0.2) is 47.1 Å². The molecule has 0 aliphatic carbocycles. The molecule has 0 heterocycles. The number of hydrogen-bond donors (Lipinski definition) is 2. The van der Waals surface area contributed by atoms with Crippen molar-refractivity contribution in [1.82, 2.24) is 0 Å². The molecule has 5 heteroatoms. The van der Waals surface area contributed by atoms with E-state index < -0.39 is 0 Å². The molecule has 7 heavy (non-hydrogen) atoms. The molecule has 2 radical (unpaired) electrons. The zero-order valence-electron chi connectivity index (χ0n) is 3.21. The van der Waals surface area contributed by atoms with Gasteiger partial charge in [-0.05, 0) is 0 Å². The molecule has 0 unspecified atom stereocenters. The van der Waals surface area contributed by atoms with Crippen LogP contribution in [0.1, 0.15) is 0 Å². The molecule has 38 valence electrons. The number of hydrogen-bond acceptors (Lipinski definition) is 2. The summed E-state index contributed by atoms with van der Waals surface area (Å²) in [5.41, 5.74) is 0. The van der Waals surface area contributed by atoms with Crippen molar-refractivity contribution in [2.45, 2.75) is 0 Å². The van der Waals surface area contributed by atoms with Crippen molar-refractivity contribution in [1.29, 1.82) is 0 Å². The van der Waals surface area contributed by atoms with Crippen LogP contribution in [0, 0.1) is 0 Å². The minimum Gasteiger partial charge on any atom is -0.665 e. The molecule has 0 aromatic rings. The van der Waals surface area contributed by atoms with Gasteiger partial charge in [-0.25, -0.2) is 0 Å². The molecular weight excluding hydrogens is 207 g/mol. The van der Waals surface area contributed by atoms with E-state index >= 15 is 0 Å². The number of rotatable bonds is 0. The van der Waals surface area contributed by atoms with Crippen molar-refractivity contribution in [2.75, 3.05) is 0 Å². The molecule has 0 fully saturated rings. The SMILES string of the molecule is O=[C-]O.O=[C-]O.[Sn+2]. The van der Waals surface area contributed by atoms with E-state index in [0.717, 1.165) is 0 Å². The average molecular weight is 209 g/mol. The topological polar surface area (TPSA) is 74.6 Å². The molecular formula is C2H2O4Sn. The molecule has 0 saturated carbocycles. The quantitative estimate of drug-likeness (QED) is 0.389. The van der Waals surface area contributed by atoms with Crippen LogP contribution in [0.3, 0.4) is 0 Å². The zero-order valence-corrected chi connectivity index (χ0v) is 6.07. The Kier molecular flexibility index (Phi) is 96.7. The van der Waals surface area contributed by atoms with E-state index in [9.17, 15) is 0 Å². The third kappa shape index (κ3) is 1170. The molecule has 0 aromatic carbocycles. The Morgan fingerprint density at radius 1 is 1.00 bits per heavy atom. The van der Waals surface area contributed by atoms with Gasteiger partial charge in [-0.1, -0.05) is 12.9 Å². The summed E-state index contributed by atoms with van der Waals surface area (Å²) < 4.78 is 0. The van der Waals surface area contributed by atoms with Gasteiger partial charge in [-0.3, -0.25) is 0 Å². The van der Waals surface area contributed by atoms with Gasteiger partial charge < -0.3 is 19.8 Å². The Hall–Kier alpha value is -0.261. The van der Waals surface area contributed by atoms with Gasteiger partial charge in [0.25, 0.3) is 0 Å². The maximum atomic E-state index is 8.24. The van der Waals surface area contributed by atoms with Crippen LogP contribution >= 0.6 is 0 Å². The first-order chi connectivity index (χ1) is 2.83. The van der Waals surface area contributed by atoms with E-state index in [1.807, 2.05) is 0 Å². The molecule has 0 bridgehead atoms. The zero-order chi connectivity index (χ0) is 5.41. The summed E-state index contributed by atoms with van der Waals surface area (Å²) in [6.45, 7) is 1.00. The van der Waals surface area contributed by atoms with Crippen molar-refractivity contribution < 1.29 is 19.8 Å². The summed E-state index contributed by atoms with van der Waals surface area (Å²) in [5.74, 6) is 0. The number of aliphatic hydroxyl groups excluding tert-OH is 2. The van der Waals surface area contributed by atoms with Crippen LogP contribution in [-0.2, 0) is 9.59 Å². The standard InChI is InChI=1S/2CHO2.Sn/c2*2-1-3;/h2*(H,2,3);/q2*-1;+2. The van der Waals surface area contributed by atoms with Crippen LogP contribution in [0.5, 0.6) is 0 Å². The molecule has 0 saturated heterocycles. The van der Waals surface area contributed by atoms with Crippen molar-refractivity contribution in [2.24, 2.45) is 0 Å². The van der Waals surface area contributed by atoms with Crippen LogP contribution in [0.25, 0.3) is 0 Å². The van der Waals surface area contributed by atoms with Crippen molar-refractivity contribution in [3.05, 3.63) is 0 Å². The fourth-order valence-electron chi connectivity index (χ4n) is 0. The molecule has 0 aromatic heterocycles. The Morgan fingerprint density at radius 2 is 1.00 bits per heavy atom. The van der Waals surface area contributed by atoms with Crippen LogP contribution in [0.2, 0.25) is 0 Å². The summed E-state index contributed by atoms with van der Waals surface area (Å²) in [4.78, 5) is 16.5. The van der Waals surface area contributed by atoms with Gasteiger partial charge >= 0.3 is 23.9 Å². The van der Waals surface area contributed by atoms with Gasteiger partial charge in [0, 0.05) is 0 Å². The molecule has 0 aliphatic heterocycles. The monoisotopic (exact) mass is 210 g/mol. The van der Waals surface area contributed by atoms with Crippen LogP contribution < -0.4 is 0 Å². The fraction of sp³-hybridized carbons (Fsp3) is 0. The van der Waals surface area contributed by atoms with Gasteiger partial charge in [0.15, 0.2) is 0 Å². The molecule has 0 rings (SSSR count). The Morgan fingerprint density at radius 3 is 1.00 bits per heavy atom. The maximum Gasteiger partial charge on any atom is 2.00 e. The second kappa shape index (κ2) is 42.6. The van der Waals surface area contributed by atoms with E-state index in [1.165, 1.54) is 0 Å². The molecule has 0 amide bonds. The van der Waals surface area contributed by atoms with Crippen molar-refractivity contribution in [3.8, 4) is 0 Å². The van der Waals surface area contributed by atoms with Crippen LogP contribution in [0.15, 0.2) is 0 Å². The van der Waals surface area contributed by atoms with E-state index in [-0.39, 0.29) is 23.9 Å². The molecule has 0 atom stereocenters. The summed E-state index contributed by atoms with van der Waals surface area (Å²) >= 11 is 0. The third-order valence-corrected chi connectivity index (χ3v) is 0. The van der Waals surface area contributed by atoms with Crippen molar-refractivity contribution in [3.63, 3.8) is 0 Å². The average Bonchev–Trinajstić information content (AvgIpc) is 1.39. The molecule has 4 nitrogen and oxygen atoms in total. The predicted molar refractivity (Wildman–Crippen MR) is 22.4 cm³/mol. The predicted octanol–water partition coefficient (Wildman–Crippen LogP) is -1.16.